The number of alkyl halides is 3. The van der Waals surface area contributed by atoms with Crippen molar-refractivity contribution in [3.05, 3.63) is 16.9 Å². The summed E-state index contributed by atoms with van der Waals surface area (Å²) in [5.74, 6) is 0. The van der Waals surface area contributed by atoms with Gasteiger partial charge in [-0.15, -0.1) is 0 Å². The van der Waals surface area contributed by atoms with Gasteiger partial charge in [-0.25, -0.2) is 0 Å². The van der Waals surface area contributed by atoms with Crippen LogP contribution in [0.15, 0.2) is 6.20 Å². The molecule has 0 spiro atoms. The monoisotopic (exact) mass is 258 g/mol. The van der Waals surface area contributed by atoms with E-state index in [1.807, 2.05) is 0 Å². The first kappa shape index (κ1) is 13.3. The van der Waals surface area contributed by atoms with Crippen molar-refractivity contribution >= 4 is 11.6 Å². The number of aromatic nitrogens is 2. The van der Waals surface area contributed by atoms with Crippen molar-refractivity contribution in [2.75, 3.05) is 13.2 Å². The molecular weight excluding hydrogens is 249 g/mol. The van der Waals surface area contributed by atoms with Crippen molar-refractivity contribution in [1.29, 1.82) is 0 Å². The summed E-state index contributed by atoms with van der Waals surface area (Å²) in [5, 5.41) is 13.5. The van der Waals surface area contributed by atoms with Gasteiger partial charge in [-0.1, -0.05) is 11.6 Å². The van der Waals surface area contributed by atoms with Gasteiger partial charge in [0, 0.05) is 7.05 Å². The van der Waals surface area contributed by atoms with Crippen molar-refractivity contribution in [3.63, 3.8) is 0 Å². The molecule has 0 radical (unpaired) electrons. The molecule has 92 valence electrons. The van der Waals surface area contributed by atoms with E-state index in [4.69, 9.17) is 11.6 Å². The molecule has 1 atom stereocenters. The zero-order valence-electron chi connectivity index (χ0n) is 8.33. The fourth-order valence-electron chi connectivity index (χ4n) is 1.16. The molecule has 0 aliphatic heterocycles. The first-order valence-electron chi connectivity index (χ1n) is 4.31. The van der Waals surface area contributed by atoms with Gasteiger partial charge >= 0.3 is 6.18 Å². The molecular formula is C8H10ClF3N2O2. The molecule has 16 heavy (non-hydrogen) atoms. The normalized spacial score (nSPS) is 14.1. The molecule has 1 N–H and O–H groups in total. The zero-order valence-corrected chi connectivity index (χ0v) is 9.09. The minimum absolute atomic E-state index is 0.186. The van der Waals surface area contributed by atoms with Gasteiger partial charge in [0.25, 0.3) is 0 Å². The van der Waals surface area contributed by atoms with Gasteiger partial charge in [-0.05, 0) is 0 Å². The lowest BCUT2D eigenvalue weighted by molar-refractivity contribution is -0.179. The van der Waals surface area contributed by atoms with Gasteiger partial charge in [0.15, 0.2) is 0 Å². The topological polar surface area (TPSA) is 47.3 Å². The molecule has 1 unspecified atom stereocenters. The maximum Gasteiger partial charge on any atom is 0.411 e. The highest BCUT2D eigenvalue weighted by Gasteiger charge is 2.28. The Balaban J connectivity index is 2.50. The van der Waals surface area contributed by atoms with Gasteiger partial charge < -0.3 is 9.84 Å². The molecule has 1 aromatic heterocycles. The third kappa shape index (κ3) is 3.66. The lowest BCUT2D eigenvalue weighted by Gasteiger charge is -2.13. The van der Waals surface area contributed by atoms with Gasteiger partial charge in [0.1, 0.15) is 12.7 Å². The summed E-state index contributed by atoms with van der Waals surface area (Å²) in [4.78, 5) is 0. The number of aryl methyl sites for hydroxylation is 1. The first-order valence-corrected chi connectivity index (χ1v) is 4.69. The van der Waals surface area contributed by atoms with E-state index in [1.54, 1.807) is 0 Å². The molecule has 1 heterocycles. The minimum Gasteiger partial charge on any atom is -0.384 e. The Morgan fingerprint density at radius 1 is 1.62 bits per heavy atom. The highest BCUT2D eigenvalue weighted by atomic mass is 35.5. The van der Waals surface area contributed by atoms with Gasteiger partial charge in [0.2, 0.25) is 0 Å². The average molecular weight is 259 g/mol. The average Bonchev–Trinajstić information content (AvgIpc) is 2.43. The summed E-state index contributed by atoms with van der Waals surface area (Å²) in [6.07, 6.45) is -4.35. The smallest absolute Gasteiger partial charge is 0.384 e. The van der Waals surface area contributed by atoms with Crippen molar-refractivity contribution in [3.8, 4) is 0 Å². The van der Waals surface area contributed by atoms with Gasteiger partial charge in [0.05, 0.1) is 23.5 Å². The van der Waals surface area contributed by atoms with E-state index in [0.717, 1.165) is 0 Å². The van der Waals surface area contributed by atoms with Gasteiger partial charge in [-0.3, -0.25) is 4.68 Å². The second kappa shape index (κ2) is 5.03. The minimum atomic E-state index is -4.41. The zero-order chi connectivity index (χ0) is 12.3. The van der Waals surface area contributed by atoms with Crippen LogP contribution in [-0.2, 0) is 11.8 Å². The highest BCUT2D eigenvalue weighted by molar-refractivity contribution is 6.31. The van der Waals surface area contributed by atoms with Crippen LogP contribution in [0.4, 0.5) is 13.2 Å². The fourth-order valence-corrected chi connectivity index (χ4v) is 1.45. The third-order valence-electron chi connectivity index (χ3n) is 1.79. The van der Waals surface area contributed by atoms with Crippen LogP contribution in [-0.4, -0.2) is 34.3 Å². The number of halogens is 4. The maximum absolute atomic E-state index is 11.8. The summed E-state index contributed by atoms with van der Waals surface area (Å²) in [5.41, 5.74) is 0.226. The first-order chi connectivity index (χ1) is 7.31. The van der Waals surface area contributed by atoms with E-state index < -0.39 is 25.5 Å². The molecule has 0 amide bonds. The molecule has 1 aromatic rings. The second-order valence-electron chi connectivity index (χ2n) is 3.15. The van der Waals surface area contributed by atoms with Crippen LogP contribution < -0.4 is 0 Å². The third-order valence-corrected chi connectivity index (χ3v) is 2.09. The summed E-state index contributed by atoms with van der Waals surface area (Å²) < 4.78 is 40.9. The Kier molecular flexibility index (Phi) is 4.17. The number of aliphatic hydroxyl groups is 1. The maximum atomic E-state index is 11.8. The van der Waals surface area contributed by atoms with E-state index in [1.165, 1.54) is 17.9 Å². The van der Waals surface area contributed by atoms with E-state index in [0.29, 0.717) is 0 Å². The molecule has 0 bridgehead atoms. The van der Waals surface area contributed by atoms with Crippen molar-refractivity contribution in [1.82, 2.24) is 9.78 Å². The van der Waals surface area contributed by atoms with E-state index >= 15 is 0 Å². The SMILES string of the molecule is Cn1ncc(Cl)c1C(O)COCC(F)(F)F. The molecule has 0 saturated carbocycles. The van der Waals surface area contributed by atoms with Crippen LogP contribution in [0.5, 0.6) is 0 Å². The van der Waals surface area contributed by atoms with Crippen LogP contribution in [0.2, 0.25) is 5.02 Å². The van der Waals surface area contributed by atoms with E-state index in [9.17, 15) is 18.3 Å². The van der Waals surface area contributed by atoms with Crippen molar-refractivity contribution in [2.45, 2.75) is 12.3 Å². The number of ether oxygens (including phenoxy) is 1. The summed E-state index contributed by atoms with van der Waals surface area (Å²) in [6, 6.07) is 0. The molecule has 0 saturated heterocycles. The summed E-state index contributed by atoms with van der Waals surface area (Å²) in [7, 11) is 1.52. The van der Waals surface area contributed by atoms with E-state index in [2.05, 4.69) is 9.84 Å². The van der Waals surface area contributed by atoms with Gasteiger partial charge in [-0.2, -0.15) is 18.3 Å². The van der Waals surface area contributed by atoms with E-state index in [-0.39, 0.29) is 10.7 Å². The van der Waals surface area contributed by atoms with Crippen molar-refractivity contribution in [2.24, 2.45) is 7.05 Å². The quantitative estimate of drug-likeness (QED) is 0.894. The molecule has 0 aliphatic carbocycles. The summed E-state index contributed by atoms with van der Waals surface area (Å²) >= 11 is 5.69. The molecule has 0 fully saturated rings. The summed E-state index contributed by atoms with van der Waals surface area (Å²) in [6.45, 7) is -1.89. The van der Waals surface area contributed by atoms with Crippen LogP contribution >= 0.6 is 11.6 Å². The lowest BCUT2D eigenvalue weighted by Crippen LogP contribution is -2.20. The Hall–Kier alpha value is -0.790. The molecule has 8 heteroatoms. The lowest BCUT2D eigenvalue weighted by atomic mass is 10.2. The number of aliphatic hydroxyl groups excluding tert-OH is 1. The number of hydrogen-bond donors (Lipinski definition) is 1. The van der Waals surface area contributed by atoms with Crippen LogP contribution in [0, 0.1) is 0 Å². The number of hydrogen-bond acceptors (Lipinski definition) is 3. The Morgan fingerprint density at radius 2 is 2.25 bits per heavy atom. The molecule has 1 rings (SSSR count). The highest BCUT2D eigenvalue weighted by Crippen LogP contribution is 2.23. The predicted octanol–water partition coefficient (Wildman–Crippen LogP) is 1.69. The predicted molar refractivity (Wildman–Crippen MR) is 50.1 cm³/mol. The standard InChI is InChI=1S/C8H10ClF3N2O2/c1-14-7(5(9)2-13-14)6(15)3-16-4-8(10,11)12/h2,6,15H,3-4H2,1H3. The van der Waals surface area contributed by atoms with Crippen LogP contribution in [0.1, 0.15) is 11.8 Å². The second-order valence-corrected chi connectivity index (χ2v) is 3.55. The number of rotatable bonds is 4. The Labute approximate surface area is 94.6 Å². The fraction of sp³-hybridized carbons (Fsp3) is 0.625. The van der Waals surface area contributed by atoms with Crippen LogP contribution in [0.3, 0.4) is 0 Å². The number of nitrogens with zero attached hydrogens (tertiary/aromatic N) is 2. The Morgan fingerprint density at radius 3 is 2.69 bits per heavy atom. The van der Waals surface area contributed by atoms with Crippen molar-refractivity contribution < 1.29 is 23.0 Å². The van der Waals surface area contributed by atoms with Crippen LogP contribution in [0.25, 0.3) is 0 Å². The molecule has 4 nitrogen and oxygen atoms in total. The largest absolute Gasteiger partial charge is 0.411 e. The molecule has 0 aliphatic rings. The molecule has 0 aromatic carbocycles. The Bertz CT molecular complexity index is 334.